The third kappa shape index (κ3) is 6.75. The first-order valence-electron chi connectivity index (χ1n) is 14.7. The summed E-state index contributed by atoms with van der Waals surface area (Å²) in [6, 6.07) is 10.8. The van der Waals surface area contributed by atoms with E-state index in [1.54, 1.807) is 23.2 Å². The quantitative estimate of drug-likeness (QED) is 0.187. The summed E-state index contributed by atoms with van der Waals surface area (Å²) in [5.74, 6) is 1.58. The van der Waals surface area contributed by atoms with E-state index in [0.29, 0.717) is 67.3 Å². The van der Waals surface area contributed by atoms with Crippen molar-refractivity contribution in [1.29, 1.82) is 5.26 Å². The SMILES string of the molecule is CCN1C(=O)CN(CCOCCN(c2ccc(C#N)c(C)c2)C(CO)CO)c2ncc(-c3ccc(-c4ncn[nH]4)nc3C)nc21. The third-order valence-corrected chi connectivity index (χ3v) is 7.76. The molecule has 1 aliphatic heterocycles. The van der Waals surface area contributed by atoms with Crippen LogP contribution in [0.5, 0.6) is 0 Å². The molecule has 0 saturated carbocycles. The number of anilines is 3. The molecule has 45 heavy (non-hydrogen) atoms. The number of pyridine rings is 1. The number of aromatic amines is 1. The zero-order valence-corrected chi connectivity index (χ0v) is 25.5. The monoisotopic (exact) mass is 612 g/mol. The van der Waals surface area contributed by atoms with Crippen molar-refractivity contribution >= 4 is 23.2 Å². The number of amides is 1. The maximum Gasteiger partial charge on any atom is 0.247 e. The van der Waals surface area contributed by atoms with Gasteiger partial charge in [0.1, 0.15) is 12.0 Å². The highest BCUT2D eigenvalue weighted by atomic mass is 16.5. The molecule has 4 heterocycles. The molecule has 14 nitrogen and oxygen atoms in total. The molecule has 4 aromatic rings. The van der Waals surface area contributed by atoms with E-state index in [2.05, 4.69) is 26.2 Å². The summed E-state index contributed by atoms with van der Waals surface area (Å²) in [4.78, 5) is 36.9. The normalized spacial score (nSPS) is 12.9. The van der Waals surface area contributed by atoms with Crippen molar-refractivity contribution in [3.63, 3.8) is 0 Å². The van der Waals surface area contributed by atoms with Gasteiger partial charge in [0.25, 0.3) is 0 Å². The van der Waals surface area contributed by atoms with Crippen molar-refractivity contribution in [2.45, 2.75) is 26.8 Å². The number of nitriles is 1. The van der Waals surface area contributed by atoms with Crippen molar-refractivity contribution in [3.05, 3.63) is 59.7 Å². The summed E-state index contributed by atoms with van der Waals surface area (Å²) in [6.45, 7) is 7.21. The number of H-pyrrole nitrogens is 1. The van der Waals surface area contributed by atoms with Crippen LogP contribution >= 0.6 is 0 Å². The van der Waals surface area contributed by atoms with E-state index >= 15 is 0 Å². The van der Waals surface area contributed by atoms with Crippen LogP contribution in [-0.4, -0.2) is 105 Å². The zero-order chi connectivity index (χ0) is 31.9. The first-order valence-corrected chi connectivity index (χ1v) is 14.7. The lowest BCUT2D eigenvalue weighted by Crippen LogP contribution is -2.48. The molecular formula is C31H36N10O4. The number of benzene rings is 1. The zero-order valence-electron chi connectivity index (χ0n) is 25.5. The Bertz CT molecular complexity index is 1670. The second-order valence-corrected chi connectivity index (χ2v) is 10.6. The van der Waals surface area contributed by atoms with E-state index in [1.165, 1.54) is 6.33 Å². The van der Waals surface area contributed by atoms with E-state index < -0.39 is 6.04 Å². The van der Waals surface area contributed by atoms with Crippen LogP contribution in [0.2, 0.25) is 0 Å². The molecule has 1 aliphatic rings. The minimum Gasteiger partial charge on any atom is -0.394 e. The predicted octanol–water partition coefficient (Wildman–Crippen LogP) is 1.86. The molecule has 3 aromatic heterocycles. The molecule has 5 rings (SSSR count). The lowest BCUT2D eigenvalue weighted by Gasteiger charge is -2.35. The minimum atomic E-state index is -0.519. The van der Waals surface area contributed by atoms with Gasteiger partial charge in [0.2, 0.25) is 5.91 Å². The Labute approximate surface area is 261 Å². The number of hydrogen-bond acceptors (Lipinski definition) is 12. The number of rotatable bonds is 13. The van der Waals surface area contributed by atoms with E-state index in [9.17, 15) is 20.3 Å². The van der Waals surface area contributed by atoms with Crippen LogP contribution in [0.4, 0.5) is 17.3 Å². The number of likely N-dealkylation sites (N-methyl/N-ethyl adjacent to an activating group) is 1. The van der Waals surface area contributed by atoms with Crippen LogP contribution in [0.15, 0.2) is 42.9 Å². The van der Waals surface area contributed by atoms with Crippen LogP contribution < -0.4 is 14.7 Å². The number of aromatic nitrogens is 6. The van der Waals surface area contributed by atoms with Gasteiger partial charge in [-0.05, 0) is 56.7 Å². The number of carbonyl (C=O) groups excluding carboxylic acids is 1. The maximum atomic E-state index is 13.1. The highest BCUT2D eigenvalue weighted by molar-refractivity contribution is 6.01. The number of nitrogens with zero attached hydrogens (tertiary/aromatic N) is 9. The second kappa shape index (κ2) is 14.2. The molecule has 0 fully saturated rings. The molecule has 0 saturated heterocycles. The van der Waals surface area contributed by atoms with Crippen LogP contribution in [-0.2, 0) is 9.53 Å². The molecule has 0 radical (unpaired) electrons. The van der Waals surface area contributed by atoms with Gasteiger partial charge in [-0.2, -0.15) is 10.4 Å². The molecule has 0 bridgehead atoms. The Morgan fingerprint density at radius 3 is 2.58 bits per heavy atom. The summed E-state index contributed by atoms with van der Waals surface area (Å²) in [7, 11) is 0. The molecule has 0 aliphatic carbocycles. The molecule has 1 amide bonds. The number of aliphatic hydroxyl groups is 2. The van der Waals surface area contributed by atoms with Gasteiger partial charge in [-0.1, -0.05) is 0 Å². The fourth-order valence-corrected chi connectivity index (χ4v) is 5.32. The molecule has 0 atom stereocenters. The largest absolute Gasteiger partial charge is 0.394 e. The fourth-order valence-electron chi connectivity index (χ4n) is 5.32. The van der Waals surface area contributed by atoms with Gasteiger partial charge >= 0.3 is 0 Å². The number of fused-ring (bicyclic) bond motifs is 1. The number of ether oxygens (including phenoxy) is 1. The molecule has 3 N–H and O–H groups in total. The van der Waals surface area contributed by atoms with E-state index in [1.807, 2.05) is 48.8 Å². The topological polar surface area (TPSA) is 181 Å². The van der Waals surface area contributed by atoms with Gasteiger partial charge in [0, 0.05) is 36.6 Å². The number of hydrogen-bond donors (Lipinski definition) is 3. The Morgan fingerprint density at radius 2 is 1.91 bits per heavy atom. The lowest BCUT2D eigenvalue weighted by atomic mass is 10.1. The summed E-state index contributed by atoms with van der Waals surface area (Å²) in [6.07, 6.45) is 3.12. The minimum absolute atomic E-state index is 0.0805. The van der Waals surface area contributed by atoms with Crippen LogP contribution in [0.25, 0.3) is 22.8 Å². The highest BCUT2D eigenvalue weighted by Crippen LogP contribution is 2.33. The molecule has 1 aromatic carbocycles. The van der Waals surface area contributed by atoms with Crippen molar-refractivity contribution in [3.8, 4) is 28.8 Å². The van der Waals surface area contributed by atoms with Gasteiger partial charge in [-0.25, -0.2) is 19.9 Å². The van der Waals surface area contributed by atoms with Gasteiger partial charge in [0.05, 0.1) is 62.5 Å². The first kappa shape index (κ1) is 31.5. The van der Waals surface area contributed by atoms with Gasteiger partial charge in [0.15, 0.2) is 17.5 Å². The molecule has 0 spiro atoms. The average Bonchev–Trinajstić information content (AvgIpc) is 3.59. The van der Waals surface area contributed by atoms with E-state index in [0.717, 1.165) is 22.5 Å². The van der Waals surface area contributed by atoms with Crippen molar-refractivity contribution in [2.24, 2.45) is 0 Å². The fraction of sp³-hybridized carbons (Fsp3) is 0.387. The van der Waals surface area contributed by atoms with Crippen LogP contribution in [0.3, 0.4) is 0 Å². The molecule has 234 valence electrons. The number of nitrogens with one attached hydrogen (secondary N) is 1. The standard InChI is InChI=1S/C31H36N10O4/c1-4-40-28(44)16-39(9-11-45-12-10-41(24(17-42)18-43)23-6-5-22(14-32)20(2)13-23)30-31(40)37-27(15-33-30)25-7-8-26(36-21(25)3)29-34-19-35-38-29/h5-8,13,15,19,24,42-43H,4,9-12,16-18H2,1-3H3,(H,34,35,38). The third-order valence-electron chi connectivity index (χ3n) is 7.76. The van der Waals surface area contributed by atoms with Gasteiger partial charge in [-0.15, -0.1) is 0 Å². The number of aliphatic hydroxyl groups excluding tert-OH is 2. The Morgan fingerprint density at radius 1 is 1.09 bits per heavy atom. The van der Waals surface area contributed by atoms with Crippen LogP contribution in [0, 0.1) is 25.2 Å². The second-order valence-electron chi connectivity index (χ2n) is 10.6. The molecular weight excluding hydrogens is 576 g/mol. The Balaban J connectivity index is 1.27. The lowest BCUT2D eigenvalue weighted by molar-refractivity contribution is -0.117. The Kier molecular flexibility index (Phi) is 9.93. The van der Waals surface area contributed by atoms with Crippen molar-refractivity contribution in [2.75, 3.05) is 67.3 Å². The van der Waals surface area contributed by atoms with Crippen molar-refractivity contribution in [1.82, 2.24) is 30.1 Å². The van der Waals surface area contributed by atoms with E-state index in [4.69, 9.17) is 14.7 Å². The summed E-state index contributed by atoms with van der Waals surface area (Å²) in [5, 5.41) is 35.7. The predicted molar refractivity (Wildman–Crippen MR) is 168 cm³/mol. The van der Waals surface area contributed by atoms with Gasteiger partial charge in [-0.3, -0.25) is 14.8 Å². The maximum absolute atomic E-state index is 13.1. The Hall–Kier alpha value is -4.97. The summed E-state index contributed by atoms with van der Waals surface area (Å²) in [5.41, 5.74) is 4.96. The number of aryl methyl sites for hydroxylation is 2. The van der Waals surface area contributed by atoms with Gasteiger partial charge < -0.3 is 24.7 Å². The molecule has 0 unspecified atom stereocenters. The summed E-state index contributed by atoms with van der Waals surface area (Å²) >= 11 is 0. The summed E-state index contributed by atoms with van der Waals surface area (Å²) < 4.78 is 5.96. The average molecular weight is 613 g/mol. The van der Waals surface area contributed by atoms with Crippen molar-refractivity contribution < 1.29 is 19.7 Å². The molecule has 14 heteroatoms. The first-order chi connectivity index (χ1) is 21.9. The smallest absolute Gasteiger partial charge is 0.247 e. The highest BCUT2D eigenvalue weighted by Gasteiger charge is 2.31. The van der Waals surface area contributed by atoms with E-state index in [-0.39, 0.29) is 25.7 Å². The number of carbonyl (C=O) groups is 1. The van der Waals surface area contributed by atoms with Crippen LogP contribution in [0.1, 0.15) is 23.7 Å².